The van der Waals surface area contributed by atoms with Gasteiger partial charge in [-0.05, 0) is 97.5 Å². The standard InChI is InChI=1S/C32H46FN7O5S/c1-21(2)40(22(3)4)31(41)27-15-23(33)5-10-28(27)45-30-29(34-20-35-36-30)39-18-32(19-39)11-13-38(14-12-32)16-25-7-6-24(17-44-25)37-46(42,43)26-8-9-26/h5,10,15,20-22,24-26,37H,6-9,11-14,16-19H2,1-4H3/t24-,25+/m1/s1. The number of hydrogen-bond acceptors (Lipinski definition) is 10. The molecule has 4 fully saturated rings. The number of halogens is 1. The monoisotopic (exact) mass is 659 g/mol. The summed E-state index contributed by atoms with van der Waals surface area (Å²) >= 11 is 0. The first-order chi connectivity index (χ1) is 21.9. The molecule has 2 atom stereocenters. The lowest BCUT2D eigenvalue weighted by atomic mass is 9.72. The molecule has 1 spiro atoms. The Labute approximate surface area is 271 Å². The van der Waals surface area contributed by atoms with Crippen LogP contribution in [0, 0.1) is 11.2 Å². The van der Waals surface area contributed by atoms with Gasteiger partial charge in [0.25, 0.3) is 11.8 Å². The van der Waals surface area contributed by atoms with Gasteiger partial charge in [0.05, 0.1) is 23.5 Å². The number of piperidine rings is 1. The van der Waals surface area contributed by atoms with E-state index in [0.29, 0.717) is 12.4 Å². The van der Waals surface area contributed by atoms with Gasteiger partial charge in [0.2, 0.25) is 10.0 Å². The van der Waals surface area contributed by atoms with Crippen LogP contribution in [0.5, 0.6) is 11.6 Å². The molecule has 1 saturated carbocycles. The van der Waals surface area contributed by atoms with Crippen molar-refractivity contribution >= 4 is 21.7 Å². The molecule has 0 radical (unpaired) electrons. The molecular weight excluding hydrogens is 613 g/mol. The second kappa shape index (κ2) is 13.3. The van der Waals surface area contributed by atoms with E-state index in [-0.39, 0.29) is 58.0 Å². The fourth-order valence-corrected chi connectivity index (χ4v) is 8.69. The van der Waals surface area contributed by atoms with Gasteiger partial charge in [0.1, 0.15) is 17.9 Å². The molecule has 2 aromatic rings. The van der Waals surface area contributed by atoms with Crippen LogP contribution in [-0.2, 0) is 14.8 Å². The Bertz CT molecular complexity index is 1490. The number of sulfonamides is 1. The number of carbonyl (C=O) groups excluding carboxylic acids is 1. The average Bonchev–Trinajstić information content (AvgIpc) is 3.85. The summed E-state index contributed by atoms with van der Waals surface area (Å²) in [5.74, 6) is 0.110. The van der Waals surface area contributed by atoms with E-state index in [1.165, 1.54) is 24.5 Å². The number of benzene rings is 1. The third-order valence-electron chi connectivity index (χ3n) is 9.69. The van der Waals surface area contributed by atoms with E-state index in [1.807, 2.05) is 27.7 Å². The number of aromatic nitrogens is 3. The van der Waals surface area contributed by atoms with Crippen LogP contribution in [0.2, 0.25) is 0 Å². The molecule has 1 aromatic carbocycles. The summed E-state index contributed by atoms with van der Waals surface area (Å²) in [5, 5.41) is 7.93. The van der Waals surface area contributed by atoms with Crippen LogP contribution in [0.1, 0.15) is 76.6 Å². The molecule has 0 unspecified atom stereocenters. The number of likely N-dealkylation sites (tertiary alicyclic amines) is 1. The average molecular weight is 660 g/mol. The van der Waals surface area contributed by atoms with Crippen molar-refractivity contribution in [3.8, 4) is 11.6 Å². The second-order valence-electron chi connectivity index (χ2n) is 14.0. The molecule has 252 valence electrons. The summed E-state index contributed by atoms with van der Waals surface area (Å²) in [6, 6.07) is 3.65. The molecule has 6 rings (SSSR count). The molecule has 3 aliphatic heterocycles. The number of rotatable bonds is 11. The predicted molar refractivity (Wildman–Crippen MR) is 171 cm³/mol. The number of nitrogens with one attached hydrogen (secondary N) is 1. The maximum absolute atomic E-state index is 14.3. The van der Waals surface area contributed by atoms with E-state index in [1.54, 1.807) is 4.90 Å². The molecule has 1 N–H and O–H groups in total. The topological polar surface area (TPSA) is 130 Å². The summed E-state index contributed by atoms with van der Waals surface area (Å²) in [5.41, 5.74) is 0.299. The van der Waals surface area contributed by atoms with Gasteiger partial charge in [0, 0.05) is 43.2 Å². The molecule has 3 saturated heterocycles. The van der Waals surface area contributed by atoms with E-state index < -0.39 is 15.8 Å². The van der Waals surface area contributed by atoms with E-state index in [0.717, 1.165) is 71.2 Å². The highest BCUT2D eigenvalue weighted by Crippen LogP contribution is 2.44. The lowest BCUT2D eigenvalue weighted by Gasteiger charge is -2.54. The molecule has 12 nitrogen and oxygen atoms in total. The van der Waals surface area contributed by atoms with Crippen LogP contribution >= 0.6 is 0 Å². The summed E-state index contributed by atoms with van der Waals surface area (Å²) in [6.45, 7) is 12.6. The highest BCUT2D eigenvalue weighted by Gasteiger charge is 2.47. The zero-order chi connectivity index (χ0) is 32.6. The van der Waals surface area contributed by atoms with Gasteiger partial charge in [-0.25, -0.2) is 22.5 Å². The van der Waals surface area contributed by atoms with Gasteiger partial charge < -0.3 is 24.2 Å². The van der Waals surface area contributed by atoms with Crippen LogP contribution < -0.4 is 14.4 Å². The van der Waals surface area contributed by atoms with Gasteiger partial charge in [-0.1, -0.05) is 0 Å². The van der Waals surface area contributed by atoms with Crippen LogP contribution in [0.15, 0.2) is 24.5 Å². The molecule has 0 bridgehead atoms. The Morgan fingerprint density at radius 2 is 1.85 bits per heavy atom. The Hall–Kier alpha value is -2.94. The largest absolute Gasteiger partial charge is 0.434 e. The van der Waals surface area contributed by atoms with Crippen molar-refractivity contribution in [3.05, 3.63) is 35.9 Å². The van der Waals surface area contributed by atoms with Crippen LogP contribution in [-0.4, -0.2) is 108 Å². The van der Waals surface area contributed by atoms with Gasteiger partial charge in [-0.15, -0.1) is 10.2 Å². The molecule has 4 aliphatic rings. The maximum atomic E-state index is 14.3. The number of hydrogen-bond donors (Lipinski definition) is 1. The SMILES string of the molecule is CC(C)N(C(=O)c1cc(F)ccc1Oc1nncnc1N1CC2(CCN(C[C@@H]3CC[C@@H](NS(=O)(=O)C4CC4)CO3)CC2)C1)C(C)C. The highest BCUT2D eigenvalue weighted by atomic mass is 32.2. The number of anilines is 1. The van der Waals surface area contributed by atoms with Crippen LogP contribution in [0.3, 0.4) is 0 Å². The van der Waals surface area contributed by atoms with Crippen molar-refractivity contribution in [2.75, 3.05) is 44.2 Å². The molecular formula is C32H46FN7O5S. The van der Waals surface area contributed by atoms with Crippen molar-refractivity contribution < 1.29 is 27.1 Å². The lowest BCUT2D eigenvalue weighted by molar-refractivity contribution is -0.0299. The fourth-order valence-electron chi connectivity index (χ4n) is 7.09. The van der Waals surface area contributed by atoms with Crippen LogP contribution in [0.25, 0.3) is 0 Å². The van der Waals surface area contributed by atoms with Gasteiger partial charge in [-0.2, -0.15) is 0 Å². The number of amides is 1. The number of carbonyl (C=O) groups is 1. The number of nitrogens with zero attached hydrogens (tertiary/aromatic N) is 6. The van der Waals surface area contributed by atoms with E-state index >= 15 is 0 Å². The minimum atomic E-state index is -3.19. The molecule has 4 heterocycles. The number of ether oxygens (including phenoxy) is 2. The minimum Gasteiger partial charge on any atom is -0.434 e. The first-order valence-electron chi connectivity index (χ1n) is 16.5. The Morgan fingerprint density at radius 3 is 2.48 bits per heavy atom. The zero-order valence-electron chi connectivity index (χ0n) is 27.2. The predicted octanol–water partition coefficient (Wildman–Crippen LogP) is 3.59. The summed E-state index contributed by atoms with van der Waals surface area (Å²) in [4.78, 5) is 24.3. The lowest BCUT2D eigenvalue weighted by Crippen LogP contribution is -2.61. The zero-order valence-corrected chi connectivity index (χ0v) is 28.0. The summed E-state index contributed by atoms with van der Waals surface area (Å²) in [6.07, 6.45) is 6.79. The van der Waals surface area contributed by atoms with Gasteiger partial charge >= 0.3 is 0 Å². The third kappa shape index (κ3) is 7.29. The van der Waals surface area contributed by atoms with Gasteiger partial charge in [0.15, 0.2) is 5.82 Å². The Kier molecular flexibility index (Phi) is 9.52. The van der Waals surface area contributed by atoms with E-state index in [2.05, 4.69) is 29.7 Å². The van der Waals surface area contributed by atoms with E-state index in [4.69, 9.17) is 9.47 Å². The molecule has 14 heteroatoms. The second-order valence-corrected chi connectivity index (χ2v) is 16.0. The van der Waals surface area contributed by atoms with Crippen molar-refractivity contribution in [2.24, 2.45) is 5.41 Å². The summed E-state index contributed by atoms with van der Waals surface area (Å²) in [7, 11) is -3.19. The van der Waals surface area contributed by atoms with Crippen molar-refractivity contribution in [3.63, 3.8) is 0 Å². The smallest absolute Gasteiger partial charge is 0.282 e. The minimum absolute atomic E-state index is 0.0800. The highest BCUT2D eigenvalue weighted by molar-refractivity contribution is 7.90. The Balaban J connectivity index is 1.02. The molecule has 46 heavy (non-hydrogen) atoms. The quantitative estimate of drug-likeness (QED) is 0.382. The molecule has 1 amide bonds. The first-order valence-corrected chi connectivity index (χ1v) is 18.1. The third-order valence-corrected chi connectivity index (χ3v) is 11.7. The van der Waals surface area contributed by atoms with E-state index in [9.17, 15) is 17.6 Å². The fraction of sp³-hybridized carbons (Fsp3) is 0.688. The molecule has 1 aromatic heterocycles. The molecule has 1 aliphatic carbocycles. The Morgan fingerprint density at radius 1 is 1.13 bits per heavy atom. The normalized spacial score (nSPS) is 23.5. The van der Waals surface area contributed by atoms with Crippen molar-refractivity contribution in [1.82, 2.24) is 29.7 Å². The van der Waals surface area contributed by atoms with Crippen molar-refractivity contribution in [1.29, 1.82) is 0 Å². The van der Waals surface area contributed by atoms with Gasteiger partial charge in [-0.3, -0.25) is 4.79 Å². The maximum Gasteiger partial charge on any atom is 0.282 e. The van der Waals surface area contributed by atoms with Crippen molar-refractivity contribution in [2.45, 2.75) is 95.7 Å². The summed E-state index contributed by atoms with van der Waals surface area (Å²) < 4.78 is 53.9. The van der Waals surface area contributed by atoms with Crippen LogP contribution in [0.4, 0.5) is 10.2 Å². The first kappa shape index (κ1) is 33.0.